The molecule has 0 unspecified atom stereocenters. The SMILES string of the molecule is COC(=O)c1c2c(nn1CC1CC1)CCCC2. The largest absolute Gasteiger partial charge is 0.464 e. The van der Waals surface area contributed by atoms with Crippen LogP contribution in [0.4, 0.5) is 0 Å². The van der Waals surface area contributed by atoms with E-state index in [1.165, 1.54) is 26.4 Å². The number of rotatable bonds is 3. The highest BCUT2D eigenvalue weighted by Crippen LogP contribution is 2.32. The lowest BCUT2D eigenvalue weighted by Crippen LogP contribution is -2.15. The summed E-state index contributed by atoms with van der Waals surface area (Å²) in [6.45, 7) is 0.886. The molecule has 0 spiro atoms. The molecular weight excluding hydrogens is 216 g/mol. The van der Waals surface area contributed by atoms with Gasteiger partial charge in [0.1, 0.15) is 5.69 Å². The Bertz CT molecular complexity index is 447. The van der Waals surface area contributed by atoms with E-state index in [9.17, 15) is 4.79 Å². The zero-order valence-electron chi connectivity index (χ0n) is 10.2. The third kappa shape index (κ3) is 1.96. The first-order valence-electron chi connectivity index (χ1n) is 6.46. The number of nitrogens with zero attached hydrogens (tertiary/aromatic N) is 2. The first kappa shape index (κ1) is 10.8. The molecule has 92 valence electrons. The highest BCUT2D eigenvalue weighted by atomic mass is 16.5. The van der Waals surface area contributed by atoms with Crippen molar-refractivity contribution in [2.24, 2.45) is 5.92 Å². The Morgan fingerprint density at radius 2 is 2.18 bits per heavy atom. The average molecular weight is 234 g/mol. The van der Waals surface area contributed by atoms with Gasteiger partial charge in [-0.3, -0.25) is 4.68 Å². The van der Waals surface area contributed by atoms with E-state index < -0.39 is 0 Å². The average Bonchev–Trinajstić information content (AvgIpc) is 3.08. The summed E-state index contributed by atoms with van der Waals surface area (Å²) < 4.78 is 6.81. The summed E-state index contributed by atoms with van der Waals surface area (Å²) >= 11 is 0. The Morgan fingerprint density at radius 1 is 1.41 bits per heavy atom. The number of carbonyl (C=O) groups excluding carboxylic acids is 1. The smallest absolute Gasteiger partial charge is 0.356 e. The number of aryl methyl sites for hydroxylation is 1. The van der Waals surface area contributed by atoms with Crippen LogP contribution in [-0.4, -0.2) is 22.9 Å². The van der Waals surface area contributed by atoms with E-state index >= 15 is 0 Å². The van der Waals surface area contributed by atoms with Crippen molar-refractivity contribution in [3.8, 4) is 0 Å². The van der Waals surface area contributed by atoms with E-state index in [1.807, 2.05) is 4.68 Å². The molecule has 0 amide bonds. The number of aromatic nitrogens is 2. The van der Waals surface area contributed by atoms with Gasteiger partial charge in [-0.2, -0.15) is 5.10 Å². The Morgan fingerprint density at radius 3 is 2.88 bits per heavy atom. The van der Waals surface area contributed by atoms with Crippen molar-refractivity contribution in [2.45, 2.75) is 45.1 Å². The van der Waals surface area contributed by atoms with Crippen LogP contribution in [0.3, 0.4) is 0 Å². The summed E-state index contributed by atoms with van der Waals surface area (Å²) in [7, 11) is 1.45. The van der Waals surface area contributed by atoms with Crippen LogP contribution in [0, 0.1) is 5.92 Å². The Kier molecular flexibility index (Phi) is 2.65. The Hall–Kier alpha value is -1.32. The fourth-order valence-electron chi connectivity index (χ4n) is 2.61. The Labute approximate surface area is 101 Å². The molecule has 0 aliphatic heterocycles. The van der Waals surface area contributed by atoms with Gasteiger partial charge >= 0.3 is 5.97 Å². The van der Waals surface area contributed by atoms with Crippen LogP contribution in [-0.2, 0) is 24.1 Å². The van der Waals surface area contributed by atoms with Gasteiger partial charge in [-0.15, -0.1) is 0 Å². The molecule has 1 aromatic heterocycles. The number of carbonyl (C=O) groups is 1. The van der Waals surface area contributed by atoms with Gasteiger partial charge in [0.2, 0.25) is 0 Å². The molecule has 0 bridgehead atoms. The zero-order valence-corrected chi connectivity index (χ0v) is 10.2. The lowest BCUT2D eigenvalue weighted by molar-refractivity contribution is 0.0584. The number of hydrogen-bond donors (Lipinski definition) is 0. The summed E-state index contributed by atoms with van der Waals surface area (Å²) in [6, 6.07) is 0. The molecule has 4 nitrogen and oxygen atoms in total. The number of hydrogen-bond acceptors (Lipinski definition) is 3. The van der Waals surface area contributed by atoms with Crippen molar-refractivity contribution in [3.63, 3.8) is 0 Å². The van der Waals surface area contributed by atoms with Crippen LogP contribution in [0.2, 0.25) is 0 Å². The van der Waals surface area contributed by atoms with Crippen molar-refractivity contribution in [1.29, 1.82) is 0 Å². The zero-order chi connectivity index (χ0) is 11.8. The number of esters is 1. The lowest BCUT2D eigenvalue weighted by atomic mass is 9.96. The van der Waals surface area contributed by atoms with Crippen LogP contribution < -0.4 is 0 Å². The molecule has 17 heavy (non-hydrogen) atoms. The number of fused-ring (bicyclic) bond motifs is 1. The van der Waals surface area contributed by atoms with E-state index in [0.717, 1.165) is 43.0 Å². The third-order valence-electron chi connectivity index (χ3n) is 3.73. The third-order valence-corrected chi connectivity index (χ3v) is 3.73. The molecular formula is C13H18N2O2. The molecule has 2 aliphatic rings. The predicted molar refractivity (Wildman–Crippen MR) is 62.9 cm³/mol. The van der Waals surface area contributed by atoms with Crippen molar-refractivity contribution in [1.82, 2.24) is 9.78 Å². The minimum absolute atomic E-state index is 0.221. The molecule has 4 heteroatoms. The van der Waals surface area contributed by atoms with Crippen LogP contribution in [0.25, 0.3) is 0 Å². The van der Waals surface area contributed by atoms with E-state index in [-0.39, 0.29) is 5.97 Å². The molecule has 0 aromatic carbocycles. The normalized spacial score (nSPS) is 18.9. The van der Waals surface area contributed by atoms with Gasteiger partial charge in [-0.05, 0) is 44.4 Å². The molecule has 1 heterocycles. The second-order valence-corrected chi connectivity index (χ2v) is 5.10. The second-order valence-electron chi connectivity index (χ2n) is 5.10. The Balaban J connectivity index is 1.99. The maximum Gasteiger partial charge on any atom is 0.356 e. The van der Waals surface area contributed by atoms with Crippen molar-refractivity contribution in [2.75, 3.05) is 7.11 Å². The van der Waals surface area contributed by atoms with Crippen LogP contribution in [0.15, 0.2) is 0 Å². The predicted octanol–water partition coefficient (Wildman–Crippen LogP) is 1.96. The minimum Gasteiger partial charge on any atom is -0.464 e. The monoisotopic (exact) mass is 234 g/mol. The maximum absolute atomic E-state index is 11.9. The summed E-state index contributed by atoms with van der Waals surface area (Å²) in [5.74, 6) is 0.501. The highest BCUT2D eigenvalue weighted by Gasteiger charge is 2.29. The fourth-order valence-corrected chi connectivity index (χ4v) is 2.61. The first-order chi connectivity index (χ1) is 8.29. The summed E-state index contributed by atoms with van der Waals surface area (Å²) in [5.41, 5.74) is 2.98. The van der Waals surface area contributed by atoms with Crippen molar-refractivity contribution >= 4 is 5.97 Å². The number of ether oxygens (including phenoxy) is 1. The molecule has 0 N–H and O–H groups in total. The van der Waals surface area contributed by atoms with Gasteiger partial charge in [-0.25, -0.2) is 4.79 Å². The van der Waals surface area contributed by atoms with E-state index in [4.69, 9.17) is 4.74 Å². The maximum atomic E-state index is 11.9. The fraction of sp³-hybridized carbons (Fsp3) is 0.692. The van der Waals surface area contributed by atoms with E-state index in [0.29, 0.717) is 5.69 Å². The van der Waals surface area contributed by atoms with Gasteiger partial charge in [0, 0.05) is 12.1 Å². The molecule has 0 radical (unpaired) electrons. The van der Waals surface area contributed by atoms with Crippen LogP contribution >= 0.6 is 0 Å². The second kappa shape index (κ2) is 4.17. The van der Waals surface area contributed by atoms with Crippen molar-refractivity contribution < 1.29 is 9.53 Å². The first-order valence-corrected chi connectivity index (χ1v) is 6.46. The minimum atomic E-state index is -0.221. The van der Waals surface area contributed by atoms with Gasteiger partial charge in [0.05, 0.1) is 12.8 Å². The molecule has 0 saturated heterocycles. The van der Waals surface area contributed by atoms with Gasteiger partial charge in [-0.1, -0.05) is 0 Å². The van der Waals surface area contributed by atoms with Crippen LogP contribution in [0.1, 0.15) is 47.4 Å². The summed E-state index contributed by atoms with van der Waals surface area (Å²) in [5, 5.41) is 4.62. The molecule has 3 rings (SSSR count). The van der Waals surface area contributed by atoms with Crippen LogP contribution in [0.5, 0.6) is 0 Å². The quantitative estimate of drug-likeness (QED) is 0.751. The molecule has 1 aromatic rings. The number of methoxy groups -OCH3 is 1. The molecule has 2 aliphatic carbocycles. The van der Waals surface area contributed by atoms with E-state index in [2.05, 4.69) is 5.10 Å². The topological polar surface area (TPSA) is 44.1 Å². The lowest BCUT2D eigenvalue weighted by Gasteiger charge is -2.10. The van der Waals surface area contributed by atoms with Gasteiger partial charge < -0.3 is 4.74 Å². The van der Waals surface area contributed by atoms with Crippen molar-refractivity contribution in [3.05, 3.63) is 17.0 Å². The van der Waals surface area contributed by atoms with Gasteiger partial charge in [0.15, 0.2) is 0 Å². The molecule has 1 saturated carbocycles. The van der Waals surface area contributed by atoms with E-state index in [1.54, 1.807) is 0 Å². The molecule has 0 atom stereocenters. The molecule has 1 fully saturated rings. The summed E-state index contributed by atoms with van der Waals surface area (Å²) in [4.78, 5) is 11.9. The standard InChI is InChI=1S/C13H18N2O2/c1-17-13(16)12-10-4-2-3-5-11(10)14-15(12)8-9-6-7-9/h9H,2-8H2,1H3. The summed E-state index contributed by atoms with van der Waals surface area (Å²) in [6.07, 6.45) is 6.87. The highest BCUT2D eigenvalue weighted by molar-refractivity contribution is 5.89. The van der Waals surface area contributed by atoms with Gasteiger partial charge in [0.25, 0.3) is 0 Å².